The zero-order valence-corrected chi connectivity index (χ0v) is 20.0. The number of halogens is 1. The molecule has 0 aliphatic carbocycles. The lowest BCUT2D eigenvalue weighted by Crippen LogP contribution is -2.43. The zero-order chi connectivity index (χ0) is 19.6. The average molecular weight is 513 g/mol. The van der Waals surface area contributed by atoms with Crippen LogP contribution in [0.15, 0.2) is 29.3 Å². The Kier molecular flexibility index (Phi) is 10.8. The van der Waals surface area contributed by atoms with E-state index in [0.717, 1.165) is 51.5 Å². The number of carbonyl (C=O) groups is 1. The van der Waals surface area contributed by atoms with Gasteiger partial charge >= 0.3 is 0 Å². The first kappa shape index (κ1) is 23.9. The van der Waals surface area contributed by atoms with Gasteiger partial charge in [-0.15, -0.1) is 24.0 Å². The summed E-state index contributed by atoms with van der Waals surface area (Å²) in [5, 5.41) is 6.71. The molecule has 0 saturated carbocycles. The number of likely N-dealkylation sites (tertiary alicyclic amines) is 1. The number of benzene rings is 1. The van der Waals surface area contributed by atoms with Crippen molar-refractivity contribution in [1.29, 1.82) is 0 Å². The minimum atomic E-state index is 0. The van der Waals surface area contributed by atoms with Crippen LogP contribution in [0.5, 0.6) is 0 Å². The summed E-state index contributed by atoms with van der Waals surface area (Å²) in [6.45, 7) is 6.76. The Morgan fingerprint density at radius 2 is 1.76 bits per heavy atom. The first-order valence-electron chi connectivity index (χ1n) is 10.8. The van der Waals surface area contributed by atoms with E-state index in [2.05, 4.69) is 44.8 Å². The van der Waals surface area contributed by atoms with Gasteiger partial charge in [-0.25, -0.2) is 0 Å². The van der Waals surface area contributed by atoms with Crippen LogP contribution in [0.2, 0.25) is 0 Å². The van der Waals surface area contributed by atoms with Gasteiger partial charge in [0.25, 0.3) is 0 Å². The zero-order valence-electron chi connectivity index (χ0n) is 17.7. The van der Waals surface area contributed by atoms with Gasteiger partial charge in [-0.05, 0) is 49.9 Å². The summed E-state index contributed by atoms with van der Waals surface area (Å²) in [7, 11) is 1.80. The van der Waals surface area contributed by atoms with Crippen LogP contribution in [-0.4, -0.2) is 68.0 Å². The molecule has 29 heavy (non-hydrogen) atoms. The molecule has 0 unspecified atom stereocenters. The van der Waals surface area contributed by atoms with Crippen molar-refractivity contribution in [3.8, 4) is 0 Å². The maximum absolute atomic E-state index is 12.5. The molecule has 1 aromatic rings. The molecule has 2 aliphatic heterocycles. The van der Waals surface area contributed by atoms with Crippen molar-refractivity contribution in [2.45, 2.75) is 45.1 Å². The first-order chi connectivity index (χ1) is 13.8. The van der Waals surface area contributed by atoms with Crippen molar-refractivity contribution >= 4 is 35.8 Å². The lowest BCUT2D eigenvalue weighted by atomic mass is 9.99. The fourth-order valence-corrected chi connectivity index (χ4v) is 4.05. The van der Waals surface area contributed by atoms with E-state index in [4.69, 9.17) is 0 Å². The maximum atomic E-state index is 12.5. The van der Waals surface area contributed by atoms with Crippen LogP contribution in [0, 0.1) is 0 Å². The molecule has 2 heterocycles. The molecule has 3 rings (SSSR count). The molecule has 0 atom stereocenters. The van der Waals surface area contributed by atoms with E-state index >= 15 is 0 Å². The topological polar surface area (TPSA) is 60.0 Å². The summed E-state index contributed by atoms with van der Waals surface area (Å²) in [4.78, 5) is 21.3. The van der Waals surface area contributed by atoms with Crippen LogP contribution in [0.25, 0.3) is 0 Å². The molecular weight excluding hydrogens is 477 g/mol. The SMILES string of the molecule is CN=C(NCCCC(=O)N1CCc2ccccc2C1)NCCN1CCCCC1.I. The second kappa shape index (κ2) is 13.1. The number of carbonyl (C=O) groups excluding carboxylic acids is 1. The molecule has 1 aromatic carbocycles. The Morgan fingerprint density at radius 1 is 1.03 bits per heavy atom. The molecule has 2 N–H and O–H groups in total. The monoisotopic (exact) mass is 513 g/mol. The summed E-state index contributed by atoms with van der Waals surface area (Å²) in [6.07, 6.45) is 6.39. The van der Waals surface area contributed by atoms with Gasteiger partial charge in [0, 0.05) is 46.2 Å². The van der Waals surface area contributed by atoms with E-state index in [0.29, 0.717) is 6.42 Å². The van der Waals surface area contributed by atoms with Crippen LogP contribution >= 0.6 is 24.0 Å². The Morgan fingerprint density at radius 3 is 2.52 bits per heavy atom. The standard InChI is InChI=1S/C22H35N5O.HI/c1-23-22(25-13-17-26-14-5-2-6-15-26)24-12-7-10-21(28)27-16-11-19-8-3-4-9-20(19)18-27;/h3-4,8-9H,2,5-7,10-18H2,1H3,(H2,23,24,25);1H. The van der Waals surface area contributed by atoms with Gasteiger partial charge in [-0.1, -0.05) is 30.7 Å². The minimum Gasteiger partial charge on any atom is -0.356 e. The Bertz CT molecular complexity index is 660. The van der Waals surface area contributed by atoms with Gasteiger partial charge in [0.05, 0.1) is 0 Å². The predicted molar refractivity (Wildman–Crippen MR) is 130 cm³/mol. The van der Waals surface area contributed by atoms with E-state index in [1.54, 1.807) is 7.05 Å². The number of hydrogen-bond acceptors (Lipinski definition) is 3. The number of fused-ring (bicyclic) bond motifs is 1. The highest BCUT2D eigenvalue weighted by atomic mass is 127. The van der Waals surface area contributed by atoms with E-state index < -0.39 is 0 Å². The number of guanidine groups is 1. The third kappa shape index (κ3) is 7.77. The number of hydrogen-bond donors (Lipinski definition) is 2. The van der Waals surface area contributed by atoms with Gasteiger partial charge in [-0.3, -0.25) is 9.79 Å². The second-order valence-electron chi connectivity index (χ2n) is 7.77. The van der Waals surface area contributed by atoms with Crippen LogP contribution < -0.4 is 10.6 Å². The molecule has 0 radical (unpaired) electrons. The Labute approximate surface area is 192 Å². The van der Waals surface area contributed by atoms with Gasteiger partial charge in [0.15, 0.2) is 5.96 Å². The molecule has 7 heteroatoms. The number of rotatable bonds is 7. The molecule has 1 fully saturated rings. The molecule has 1 amide bonds. The summed E-state index contributed by atoms with van der Waals surface area (Å²) in [5.41, 5.74) is 2.67. The summed E-state index contributed by atoms with van der Waals surface area (Å²) in [6, 6.07) is 8.44. The average Bonchev–Trinajstić information content (AvgIpc) is 2.75. The van der Waals surface area contributed by atoms with Gasteiger partial charge in [0.2, 0.25) is 5.91 Å². The third-order valence-corrected chi connectivity index (χ3v) is 5.74. The molecule has 6 nitrogen and oxygen atoms in total. The Hall–Kier alpha value is -1.35. The number of nitrogens with one attached hydrogen (secondary N) is 2. The molecule has 0 spiro atoms. The maximum Gasteiger partial charge on any atom is 0.222 e. The van der Waals surface area contributed by atoms with Crippen molar-refractivity contribution in [1.82, 2.24) is 20.4 Å². The summed E-state index contributed by atoms with van der Waals surface area (Å²) < 4.78 is 0. The minimum absolute atomic E-state index is 0. The van der Waals surface area contributed by atoms with Crippen molar-refractivity contribution < 1.29 is 4.79 Å². The van der Waals surface area contributed by atoms with Crippen molar-refractivity contribution in [2.24, 2.45) is 4.99 Å². The van der Waals surface area contributed by atoms with Gasteiger partial charge in [-0.2, -0.15) is 0 Å². The molecule has 162 valence electrons. The molecule has 0 bridgehead atoms. The van der Waals surface area contributed by atoms with E-state index in [1.165, 1.54) is 43.5 Å². The number of piperidine rings is 1. The molecule has 1 saturated heterocycles. The van der Waals surface area contributed by atoms with Crippen LogP contribution in [0.4, 0.5) is 0 Å². The molecule has 0 aromatic heterocycles. The quantitative estimate of drug-likeness (QED) is 0.255. The normalized spacial score (nSPS) is 17.3. The molecular formula is C22H36IN5O. The van der Waals surface area contributed by atoms with Crippen LogP contribution in [-0.2, 0) is 17.8 Å². The summed E-state index contributed by atoms with van der Waals surface area (Å²) in [5.74, 6) is 1.08. The van der Waals surface area contributed by atoms with Crippen molar-refractivity contribution in [2.75, 3.05) is 46.3 Å². The predicted octanol–water partition coefficient (Wildman–Crippen LogP) is 2.62. The summed E-state index contributed by atoms with van der Waals surface area (Å²) >= 11 is 0. The van der Waals surface area contributed by atoms with Gasteiger partial charge < -0.3 is 20.4 Å². The number of aliphatic imine (C=N–C) groups is 1. The number of amides is 1. The Balaban J connectivity index is 0.00000300. The third-order valence-electron chi connectivity index (χ3n) is 5.74. The highest BCUT2D eigenvalue weighted by Gasteiger charge is 2.19. The van der Waals surface area contributed by atoms with Crippen molar-refractivity contribution in [3.05, 3.63) is 35.4 Å². The van der Waals surface area contributed by atoms with Crippen LogP contribution in [0.1, 0.15) is 43.2 Å². The van der Waals surface area contributed by atoms with E-state index in [9.17, 15) is 4.79 Å². The lowest BCUT2D eigenvalue weighted by molar-refractivity contribution is -0.132. The van der Waals surface area contributed by atoms with E-state index in [1.807, 2.05) is 4.90 Å². The number of nitrogens with zero attached hydrogens (tertiary/aromatic N) is 3. The van der Waals surface area contributed by atoms with Crippen molar-refractivity contribution in [3.63, 3.8) is 0 Å². The smallest absolute Gasteiger partial charge is 0.222 e. The fraction of sp³-hybridized carbons (Fsp3) is 0.636. The molecule has 2 aliphatic rings. The van der Waals surface area contributed by atoms with Gasteiger partial charge in [0.1, 0.15) is 0 Å². The van der Waals surface area contributed by atoms with E-state index in [-0.39, 0.29) is 29.9 Å². The lowest BCUT2D eigenvalue weighted by Gasteiger charge is -2.29. The highest BCUT2D eigenvalue weighted by molar-refractivity contribution is 14.0. The largest absolute Gasteiger partial charge is 0.356 e. The van der Waals surface area contributed by atoms with Crippen LogP contribution in [0.3, 0.4) is 0 Å². The first-order valence-corrected chi connectivity index (χ1v) is 10.8. The fourth-order valence-electron chi connectivity index (χ4n) is 4.05. The second-order valence-corrected chi connectivity index (χ2v) is 7.77. The highest BCUT2D eigenvalue weighted by Crippen LogP contribution is 2.19.